The van der Waals surface area contributed by atoms with Crippen molar-refractivity contribution in [3.8, 4) is 5.75 Å². The molecule has 4 atom stereocenters. The maximum atomic E-state index is 12.2. The van der Waals surface area contributed by atoms with E-state index in [1.165, 1.54) is 19.3 Å². The topological polar surface area (TPSA) is 67.8 Å². The summed E-state index contributed by atoms with van der Waals surface area (Å²) in [6.07, 6.45) is 4.05. The SMILES string of the molecule is COc1ccc(COC[C@@H](O)CNC(=O)[C@H]2C[C@H]3CC[C@H]2C3)cc1. The van der Waals surface area contributed by atoms with E-state index in [1.54, 1.807) is 7.11 Å². The van der Waals surface area contributed by atoms with Crippen LogP contribution in [0.25, 0.3) is 0 Å². The lowest BCUT2D eigenvalue weighted by Gasteiger charge is -2.21. The van der Waals surface area contributed by atoms with E-state index >= 15 is 0 Å². The van der Waals surface area contributed by atoms with Crippen molar-refractivity contribution in [1.82, 2.24) is 5.32 Å². The second-order valence-electron chi connectivity index (χ2n) is 7.04. The lowest BCUT2D eigenvalue weighted by molar-refractivity contribution is -0.127. The summed E-state index contributed by atoms with van der Waals surface area (Å²) in [5.41, 5.74) is 1.02. The van der Waals surface area contributed by atoms with Gasteiger partial charge in [0.1, 0.15) is 5.75 Å². The molecule has 0 heterocycles. The third kappa shape index (κ3) is 4.28. The Bertz CT molecular complexity index is 545. The number of carbonyl (C=O) groups excluding carboxylic acids is 1. The average molecular weight is 333 g/mol. The van der Waals surface area contributed by atoms with E-state index in [2.05, 4.69) is 5.32 Å². The van der Waals surface area contributed by atoms with Gasteiger partial charge in [-0.15, -0.1) is 0 Å². The smallest absolute Gasteiger partial charge is 0.223 e. The highest BCUT2D eigenvalue weighted by atomic mass is 16.5. The summed E-state index contributed by atoms with van der Waals surface area (Å²) in [4.78, 5) is 12.2. The molecule has 24 heavy (non-hydrogen) atoms. The summed E-state index contributed by atoms with van der Waals surface area (Å²) >= 11 is 0. The molecule has 2 bridgehead atoms. The number of hydrogen-bond donors (Lipinski definition) is 2. The van der Waals surface area contributed by atoms with Crippen LogP contribution in [-0.4, -0.2) is 37.4 Å². The van der Waals surface area contributed by atoms with Crippen LogP contribution < -0.4 is 10.1 Å². The Balaban J connectivity index is 1.32. The normalized spacial score (nSPS) is 26.3. The number of fused-ring (bicyclic) bond motifs is 2. The van der Waals surface area contributed by atoms with E-state index < -0.39 is 6.10 Å². The maximum absolute atomic E-state index is 12.2. The molecule has 2 N–H and O–H groups in total. The highest BCUT2D eigenvalue weighted by molar-refractivity contribution is 5.79. The number of aliphatic hydroxyl groups excluding tert-OH is 1. The second-order valence-corrected chi connectivity index (χ2v) is 7.04. The first-order valence-corrected chi connectivity index (χ1v) is 8.82. The van der Waals surface area contributed by atoms with Gasteiger partial charge in [0.25, 0.3) is 0 Å². The van der Waals surface area contributed by atoms with E-state index in [9.17, 15) is 9.90 Å². The van der Waals surface area contributed by atoms with Crippen LogP contribution in [0.4, 0.5) is 0 Å². The van der Waals surface area contributed by atoms with Crippen molar-refractivity contribution >= 4 is 5.91 Å². The van der Waals surface area contributed by atoms with Gasteiger partial charge in [0.15, 0.2) is 0 Å². The third-order valence-corrected chi connectivity index (χ3v) is 5.32. The van der Waals surface area contributed by atoms with Crippen LogP contribution in [0.1, 0.15) is 31.2 Å². The van der Waals surface area contributed by atoms with Crippen LogP contribution in [0.5, 0.6) is 5.75 Å². The molecule has 2 aliphatic carbocycles. The standard InChI is InChI=1S/C19H27NO4/c1-23-17-6-3-13(4-7-17)11-24-12-16(21)10-20-19(22)18-9-14-2-5-15(18)8-14/h3-4,6-7,14-16,18,21H,2,5,8-12H2,1H3,(H,20,22)/t14-,15-,16-,18-/m0/s1. The molecule has 0 aliphatic heterocycles. The van der Waals surface area contributed by atoms with Crippen molar-refractivity contribution < 1.29 is 19.4 Å². The average Bonchev–Trinajstić information content (AvgIpc) is 3.23. The number of benzene rings is 1. The summed E-state index contributed by atoms with van der Waals surface area (Å²) in [6.45, 7) is 0.903. The number of rotatable bonds is 8. The number of hydrogen-bond acceptors (Lipinski definition) is 4. The van der Waals surface area contributed by atoms with E-state index in [4.69, 9.17) is 9.47 Å². The molecule has 5 heteroatoms. The van der Waals surface area contributed by atoms with Crippen LogP contribution in [0.15, 0.2) is 24.3 Å². The van der Waals surface area contributed by atoms with Crippen molar-refractivity contribution in [2.45, 2.75) is 38.4 Å². The van der Waals surface area contributed by atoms with Crippen LogP contribution in [0.2, 0.25) is 0 Å². The molecule has 0 radical (unpaired) electrons. The Hall–Kier alpha value is -1.59. The molecule has 2 fully saturated rings. The maximum Gasteiger partial charge on any atom is 0.223 e. The summed E-state index contributed by atoms with van der Waals surface area (Å²) in [7, 11) is 1.63. The number of nitrogens with one attached hydrogen (secondary N) is 1. The fourth-order valence-electron chi connectivity index (χ4n) is 4.01. The van der Waals surface area contributed by atoms with E-state index in [-0.39, 0.29) is 25.0 Å². The van der Waals surface area contributed by atoms with Crippen LogP contribution in [0, 0.1) is 17.8 Å². The molecule has 5 nitrogen and oxygen atoms in total. The van der Waals surface area contributed by atoms with Gasteiger partial charge in [-0.1, -0.05) is 18.6 Å². The summed E-state index contributed by atoms with van der Waals surface area (Å²) in [5, 5.41) is 12.9. The van der Waals surface area contributed by atoms with Crippen molar-refractivity contribution in [2.75, 3.05) is 20.3 Å². The zero-order chi connectivity index (χ0) is 16.9. The number of ether oxygens (including phenoxy) is 2. The predicted molar refractivity (Wildman–Crippen MR) is 90.6 cm³/mol. The van der Waals surface area contributed by atoms with Gasteiger partial charge >= 0.3 is 0 Å². The molecule has 0 unspecified atom stereocenters. The van der Waals surface area contributed by atoms with Crippen molar-refractivity contribution in [3.05, 3.63) is 29.8 Å². The molecule has 2 saturated carbocycles. The molecule has 1 aromatic rings. The molecule has 1 aromatic carbocycles. The lowest BCUT2D eigenvalue weighted by Crippen LogP contribution is -2.39. The zero-order valence-corrected chi connectivity index (χ0v) is 14.2. The van der Waals surface area contributed by atoms with Gasteiger partial charge in [-0.05, 0) is 48.8 Å². The van der Waals surface area contributed by atoms with Crippen molar-refractivity contribution in [3.63, 3.8) is 0 Å². The Morgan fingerprint density at radius 1 is 1.29 bits per heavy atom. The molecule has 0 saturated heterocycles. The molecule has 0 aromatic heterocycles. The molecular formula is C19H27NO4. The van der Waals surface area contributed by atoms with Gasteiger partial charge in [-0.25, -0.2) is 0 Å². The summed E-state index contributed by atoms with van der Waals surface area (Å²) < 4.78 is 10.6. The van der Waals surface area contributed by atoms with Gasteiger partial charge in [-0.3, -0.25) is 4.79 Å². The van der Waals surface area contributed by atoms with E-state index in [1.807, 2.05) is 24.3 Å². The number of carbonyl (C=O) groups is 1. The largest absolute Gasteiger partial charge is 0.497 e. The van der Waals surface area contributed by atoms with Crippen LogP contribution >= 0.6 is 0 Å². The Labute approximate surface area is 143 Å². The number of methoxy groups -OCH3 is 1. The Kier molecular flexibility index (Phi) is 5.74. The fourth-order valence-corrected chi connectivity index (χ4v) is 4.01. The minimum atomic E-state index is -0.675. The number of amides is 1. The minimum Gasteiger partial charge on any atom is -0.497 e. The molecule has 0 spiro atoms. The van der Waals surface area contributed by atoms with E-state index in [0.717, 1.165) is 23.7 Å². The minimum absolute atomic E-state index is 0.108. The highest BCUT2D eigenvalue weighted by Crippen LogP contribution is 2.48. The molecule has 1 amide bonds. The Morgan fingerprint density at radius 3 is 2.71 bits per heavy atom. The van der Waals surface area contributed by atoms with Crippen molar-refractivity contribution in [2.24, 2.45) is 17.8 Å². The van der Waals surface area contributed by atoms with E-state index in [0.29, 0.717) is 12.5 Å². The number of aliphatic hydroxyl groups is 1. The monoisotopic (exact) mass is 333 g/mol. The lowest BCUT2D eigenvalue weighted by atomic mass is 9.88. The zero-order valence-electron chi connectivity index (χ0n) is 14.2. The molecule has 3 rings (SSSR count). The molecule has 132 valence electrons. The highest BCUT2D eigenvalue weighted by Gasteiger charge is 2.42. The third-order valence-electron chi connectivity index (χ3n) is 5.32. The Morgan fingerprint density at radius 2 is 2.08 bits per heavy atom. The summed E-state index contributed by atoms with van der Waals surface area (Å²) in [6, 6.07) is 7.62. The fraction of sp³-hybridized carbons (Fsp3) is 0.632. The van der Waals surface area contributed by atoms with Crippen molar-refractivity contribution in [1.29, 1.82) is 0 Å². The molecular weight excluding hydrogens is 306 g/mol. The summed E-state index contributed by atoms with van der Waals surface area (Å²) in [5.74, 6) is 2.40. The van der Waals surface area contributed by atoms with Gasteiger partial charge < -0.3 is 19.9 Å². The van der Waals surface area contributed by atoms with Gasteiger partial charge in [0, 0.05) is 12.5 Å². The first-order valence-electron chi connectivity index (χ1n) is 8.82. The van der Waals surface area contributed by atoms with Gasteiger partial charge in [-0.2, -0.15) is 0 Å². The molecule has 2 aliphatic rings. The predicted octanol–water partition coefficient (Wildman–Crippen LogP) is 2.13. The first kappa shape index (κ1) is 17.2. The van der Waals surface area contributed by atoms with Crippen LogP contribution in [0.3, 0.4) is 0 Å². The van der Waals surface area contributed by atoms with Gasteiger partial charge in [0.05, 0.1) is 26.4 Å². The first-order chi connectivity index (χ1) is 11.7. The second kappa shape index (κ2) is 7.99. The van der Waals surface area contributed by atoms with Gasteiger partial charge in [0.2, 0.25) is 5.91 Å². The van der Waals surface area contributed by atoms with Crippen LogP contribution in [-0.2, 0) is 16.1 Å². The quantitative estimate of drug-likeness (QED) is 0.765.